The largest absolute Gasteiger partial charge is 0.505 e. The van der Waals surface area contributed by atoms with E-state index >= 15 is 0 Å². The Kier molecular flexibility index (Phi) is 6.15. The number of phenolic OH excluding ortho intramolecular Hbond substituents is 1. The smallest absolute Gasteiger partial charge is 0.471 e. The summed E-state index contributed by atoms with van der Waals surface area (Å²) >= 11 is 11.4. The lowest BCUT2D eigenvalue weighted by Gasteiger charge is -2.24. The number of nitrogens with zero attached hydrogens (tertiary/aromatic N) is 2. The SMILES string of the molecule is O=C(CN(C(=O)C(F)(F)F)c1cc(Cl)c(O)c(Cl)c1)c1cccc([N+](=O)[O-])c1. The zero-order valence-electron chi connectivity index (χ0n) is 13.5. The Balaban J connectivity index is 2.46. The number of alkyl halides is 3. The molecule has 12 heteroatoms. The van der Waals surface area contributed by atoms with Crippen LogP contribution in [0.3, 0.4) is 0 Å². The molecule has 2 aromatic carbocycles. The number of rotatable bonds is 5. The Hall–Kier alpha value is -2.85. The number of halogens is 5. The van der Waals surface area contributed by atoms with E-state index in [0.29, 0.717) is 0 Å². The standard InChI is InChI=1S/C16H9Cl2F3N2O5/c17-11-5-10(6-12(18)14(11)25)22(15(26)16(19,20)21)7-13(24)8-2-1-3-9(4-8)23(27)28/h1-6,25H,7H2. The van der Waals surface area contributed by atoms with Gasteiger partial charge in [-0.15, -0.1) is 0 Å². The van der Waals surface area contributed by atoms with Crippen LogP contribution in [-0.2, 0) is 4.79 Å². The number of carbonyl (C=O) groups is 2. The summed E-state index contributed by atoms with van der Waals surface area (Å²) < 4.78 is 38.9. The fourth-order valence-corrected chi connectivity index (χ4v) is 2.64. The molecule has 0 aromatic heterocycles. The highest BCUT2D eigenvalue weighted by Crippen LogP contribution is 2.37. The molecular formula is C16H9Cl2F3N2O5. The minimum atomic E-state index is -5.33. The van der Waals surface area contributed by atoms with Crippen LogP contribution in [0.4, 0.5) is 24.5 Å². The lowest BCUT2D eigenvalue weighted by Crippen LogP contribution is -2.44. The minimum absolute atomic E-state index is 0.0678. The molecule has 0 fully saturated rings. The molecule has 7 nitrogen and oxygen atoms in total. The van der Waals surface area contributed by atoms with Crippen LogP contribution >= 0.6 is 23.2 Å². The average molecular weight is 437 g/mol. The number of amides is 1. The van der Waals surface area contributed by atoms with Gasteiger partial charge in [0, 0.05) is 23.4 Å². The molecule has 1 amide bonds. The van der Waals surface area contributed by atoms with E-state index in [-0.39, 0.29) is 10.5 Å². The molecule has 0 heterocycles. The summed E-state index contributed by atoms with van der Waals surface area (Å²) in [6, 6.07) is 5.95. The van der Waals surface area contributed by atoms with Crippen LogP contribution < -0.4 is 4.90 Å². The second-order valence-corrected chi connectivity index (χ2v) is 6.19. The number of nitro groups is 1. The van der Waals surface area contributed by atoms with Crippen molar-refractivity contribution in [3.8, 4) is 5.75 Å². The van der Waals surface area contributed by atoms with E-state index in [1.165, 1.54) is 6.07 Å². The monoisotopic (exact) mass is 436 g/mol. The number of nitro benzene ring substituents is 1. The maximum Gasteiger partial charge on any atom is 0.471 e. The Morgan fingerprint density at radius 2 is 1.71 bits per heavy atom. The maximum atomic E-state index is 13.0. The lowest BCUT2D eigenvalue weighted by atomic mass is 10.1. The minimum Gasteiger partial charge on any atom is -0.505 e. The fourth-order valence-electron chi connectivity index (χ4n) is 2.17. The molecule has 0 aliphatic heterocycles. The summed E-state index contributed by atoms with van der Waals surface area (Å²) in [7, 11) is 0. The van der Waals surface area contributed by atoms with Gasteiger partial charge in [-0.2, -0.15) is 13.2 Å². The van der Waals surface area contributed by atoms with Gasteiger partial charge in [0.05, 0.1) is 21.5 Å². The van der Waals surface area contributed by atoms with Crippen molar-refractivity contribution in [3.63, 3.8) is 0 Å². The number of anilines is 1. The van der Waals surface area contributed by atoms with Crippen molar-refractivity contribution in [1.29, 1.82) is 0 Å². The van der Waals surface area contributed by atoms with Crippen LogP contribution in [-0.4, -0.2) is 34.4 Å². The molecule has 0 bridgehead atoms. The molecule has 28 heavy (non-hydrogen) atoms. The first-order valence-electron chi connectivity index (χ1n) is 7.26. The van der Waals surface area contributed by atoms with Crippen LogP contribution in [0, 0.1) is 10.1 Å². The van der Waals surface area contributed by atoms with E-state index in [0.717, 1.165) is 30.3 Å². The first-order valence-corrected chi connectivity index (χ1v) is 8.01. The molecule has 0 saturated heterocycles. The van der Waals surface area contributed by atoms with Crippen LogP contribution in [0.25, 0.3) is 0 Å². The second-order valence-electron chi connectivity index (χ2n) is 5.38. The Labute approximate surface area is 165 Å². The predicted molar refractivity (Wildman–Crippen MR) is 94.0 cm³/mol. The molecule has 2 aromatic rings. The van der Waals surface area contributed by atoms with E-state index in [9.17, 15) is 38.0 Å². The number of ketones is 1. The maximum absolute atomic E-state index is 13.0. The summed E-state index contributed by atoms with van der Waals surface area (Å²) in [5, 5.41) is 19.4. The van der Waals surface area contributed by atoms with Crippen LogP contribution in [0.1, 0.15) is 10.4 Å². The lowest BCUT2D eigenvalue weighted by molar-refractivity contribution is -0.384. The topological polar surface area (TPSA) is 101 Å². The van der Waals surface area contributed by atoms with Crippen molar-refractivity contribution in [2.75, 3.05) is 11.4 Å². The van der Waals surface area contributed by atoms with E-state index in [2.05, 4.69) is 0 Å². The molecule has 0 aliphatic rings. The van der Waals surface area contributed by atoms with Gasteiger partial charge in [0.15, 0.2) is 11.5 Å². The summed E-state index contributed by atoms with van der Waals surface area (Å²) in [6.07, 6.45) is -5.33. The first kappa shape index (κ1) is 21.5. The normalized spacial score (nSPS) is 11.2. The van der Waals surface area contributed by atoms with Gasteiger partial charge < -0.3 is 5.11 Å². The Morgan fingerprint density at radius 1 is 1.14 bits per heavy atom. The van der Waals surface area contributed by atoms with Gasteiger partial charge in [-0.1, -0.05) is 35.3 Å². The van der Waals surface area contributed by atoms with Crippen molar-refractivity contribution >= 4 is 46.3 Å². The summed E-state index contributed by atoms with van der Waals surface area (Å²) in [5.74, 6) is -4.00. The Morgan fingerprint density at radius 3 is 2.21 bits per heavy atom. The van der Waals surface area contributed by atoms with Gasteiger partial charge in [0.25, 0.3) is 5.69 Å². The molecule has 148 valence electrons. The van der Waals surface area contributed by atoms with Crippen molar-refractivity contribution in [2.24, 2.45) is 0 Å². The van der Waals surface area contributed by atoms with Gasteiger partial charge in [0.1, 0.15) is 0 Å². The molecule has 0 aliphatic carbocycles. The van der Waals surface area contributed by atoms with Gasteiger partial charge in [-0.3, -0.25) is 24.6 Å². The van der Waals surface area contributed by atoms with Crippen LogP contribution in [0.15, 0.2) is 36.4 Å². The highest BCUT2D eigenvalue weighted by atomic mass is 35.5. The molecule has 0 spiro atoms. The van der Waals surface area contributed by atoms with Crippen LogP contribution in [0.5, 0.6) is 5.75 Å². The van der Waals surface area contributed by atoms with E-state index < -0.39 is 56.5 Å². The molecule has 2 rings (SSSR count). The third-order valence-electron chi connectivity index (χ3n) is 3.48. The van der Waals surface area contributed by atoms with Gasteiger partial charge in [0.2, 0.25) is 0 Å². The fraction of sp³-hybridized carbons (Fsp3) is 0.125. The van der Waals surface area contributed by atoms with Crippen molar-refractivity contribution in [2.45, 2.75) is 6.18 Å². The second kappa shape index (κ2) is 8.03. The van der Waals surface area contributed by atoms with Crippen molar-refractivity contribution < 1.29 is 32.8 Å². The number of hydrogen-bond acceptors (Lipinski definition) is 5. The first-order chi connectivity index (χ1) is 12.9. The number of hydrogen-bond donors (Lipinski definition) is 1. The third-order valence-corrected chi connectivity index (χ3v) is 4.06. The van der Waals surface area contributed by atoms with E-state index in [1.807, 2.05) is 0 Å². The van der Waals surface area contributed by atoms with Crippen molar-refractivity contribution in [3.05, 3.63) is 62.1 Å². The zero-order valence-corrected chi connectivity index (χ0v) is 15.0. The molecule has 1 N–H and O–H groups in total. The third kappa shape index (κ3) is 4.70. The number of non-ortho nitro benzene ring substituents is 1. The summed E-state index contributed by atoms with van der Waals surface area (Å²) in [5.41, 5.74) is -1.21. The van der Waals surface area contributed by atoms with E-state index in [1.54, 1.807) is 0 Å². The van der Waals surface area contributed by atoms with E-state index in [4.69, 9.17) is 23.2 Å². The van der Waals surface area contributed by atoms with Gasteiger partial charge in [-0.25, -0.2) is 0 Å². The van der Waals surface area contributed by atoms with Crippen molar-refractivity contribution in [1.82, 2.24) is 0 Å². The predicted octanol–water partition coefficient (Wildman–Crippen LogP) is 4.39. The zero-order chi connectivity index (χ0) is 21.2. The Bertz CT molecular complexity index is 943. The highest BCUT2D eigenvalue weighted by molar-refractivity contribution is 6.37. The molecule has 0 atom stereocenters. The van der Waals surface area contributed by atoms with Crippen LogP contribution in [0.2, 0.25) is 10.0 Å². The summed E-state index contributed by atoms with van der Waals surface area (Å²) in [6.45, 7) is -1.10. The number of carbonyl (C=O) groups excluding carboxylic acids is 2. The molecular weight excluding hydrogens is 428 g/mol. The summed E-state index contributed by atoms with van der Waals surface area (Å²) in [4.78, 5) is 34.3. The molecule has 0 unspecified atom stereocenters. The average Bonchev–Trinajstić information content (AvgIpc) is 2.62. The van der Waals surface area contributed by atoms with Gasteiger partial charge >= 0.3 is 12.1 Å². The highest BCUT2D eigenvalue weighted by Gasteiger charge is 2.44. The molecule has 0 saturated carbocycles. The van der Waals surface area contributed by atoms with Gasteiger partial charge in [-0.05, 0) is 12.1 Å². The quantitative estimate of drug-likeness (QED) is 0.425. The number of aromatic hydroxyl groups is 1. The molecule has 0 radical (unpaired) electrons. The number of phenols is 1. The number of benzene rings is 2. The number of Topliss-reactive ketones (excluding diaryl/α,β-unsaturated/α-hetero) is 1.